The summed E-state index contributed by atoms with van der Waals surface area (Å²) in [6.07, 6.45) is 7.85. The first kappa shape index (κ1) is 33.8. The Morgan fingerprint density at radius 3 is 2.26 bits per heavy atom. The van der Waals surface area contributed by atoms with Gasteiger partial charge in [0, 0.05) is 31.8 Å². The van der Waals surface area contributed by atoms with Gasteiger partial charge in [0.1, 0.15) is 12.1 Å². The van der Waals surface area contributed by atoms with E-state index < -0.39 is 36.1 Å². The second-order valence-electron chi connectivity index (χ2n) is 11.2. The van der Waals surface area contributed by atoms with Gasteiger partial charge in [0.2, 0.25) is 23.6 Å². The maximum Gasteiger partial charge on any atom is 0.245 e. The summed E-state index contributed by atoms with van der Waals surface area (Å²) in [5.41, 5.74) is 0. The van der Waals surface area contributed by atoms with E-state index in [9.17, 15) is 29.4 Å². The number of carbonyl (C=O) groups excluding carboxylic acids is 4. The lowest BCUT2D eigenvalue weighted by atomic mass is 10.0. The minimum atomic E-state index is -1.22. The van der Waals surface area contributed by atoms with Crippen molar-refractivity contribution >= 4 is 23.6 Å². The summed E-state index contributed by atoms with van der Waals surface area (Å²) in [7, 11) is 0. The average molecular weight is 541 g/mol. The van der Waals surface area contributed by atoms with Crippen LogP contribution in [0.2, 0.25) is 0 Å². The third-order valence-electron chi connectivity index (χ3n) is 6.90. The molecule has 38 heavy (non-hydrogen) atoms. The van der Waals surface area contributed by atoms with Gasteiger partial charge in [0.05, 0.1) is 12.2 Å². The molecule has 1 aliphatic rings. The molecule has 6 N–H and O–H groups in total. The topological polar surface area (TPSA) is 157 Å². The van der Waals surface area contributed by atoms with Gasteiger partial charge in [0.15, 0.2) is 0 Å². The molecule has 1 heterocycles. The summed E-state index contributed by atoms with van der Waals surface area (Å²) < 4.78 is 0. The highest BCUT2D eigenvalue weighted by molar-refractivity contribution is 5.92. The van der Waals surface area contributed by atoms with E-state index in [0.29, 0.717) is 12.8 Å². The number of hydrogen-bond donors (Lipinski definition) is 6. The van der Waals surface area contributed by atoms with Gasteiger partial charge in [-0.05, 0) is 39.0 Å². The zero-order chi connectivity index (χ0) is 28.5. The first-order valence-electron chi connectivity index (χ1n) is 14.5. The van der Waals surface area contributed by atoms with Crippen LogP contribution in [0, 0.1) is 5.92 Å². The maximum atomic E-state index is 13.0. The Morgan fingerprint density at radius 1 is 1.00 bits per heavy atom. The standard InChI is InChI=1S/C28H52N4O6/c1-19(2)12-10-8-6-5-7-9-11-13-25(36)32-26(21(4)33)28(38)31-23-18-22(34)16-17-29-24(35)15-14-20(3)30-27(23)37/h19-23,26,33-34H,5-18H2,1-4H3,(H,29,35)(H,30,37)(H,31,38)(H,32,36)/t20-,21+,22-,23-,26-/m0/s1. The number of unbranched alkanes of at least 4 members (excludes halogenated alkanes) is 6. The van der Waals surface area contributed by atoms with Gasteiger partial charge in [-0.25, -0.2) is 0 Å². The fraction of sp³-hybridized carbons (Fsp3) is 0.857. The second-order valence-corrected chi connectivity index (χ2v) is 11.2. The monoisotopic (exact) mass is 540 g/mol. The smallest absolute Gasteiger partial charge is 0.245 e. The van der Waals surface area contributed by atoms with E-state index in [-0.39, 0.29) is 50.1 Å². The van der Waals surface area contributed by atoms with Crippen molar-refractivity contribution in [1.29, 1.82) is 0 Å². The molecule has 1 aliphatic heterocycles. The highest BCUT2D eigenvalue weighted by Crippen LogP contribution is 2.13. The van der Waals surface area contributed by atoms with E-state index in [2.05, 4.69) is 35.1 Å². The van der Waals surface area contributed by atoms with E-state index in [4.69, 9.17) is 0 Å². The lowest BCUT2D eigenvalue weighted by Crippen LogP contribution is -2.58. The summed E-state index contributed by atoms with van der Waals surface area (Å²) in [5, 5.41) is 31.2. The largest absolute Gasteiger partial charge is 0.393 e. The fourth-order valence-electron chi connectivity index (χ4n) is 4.49. The minimum absolute atomic E-state index is 0.0574. The molecule has 0 aromatic heterocycles. The SMILES string of the molecule is CC(C)CCCCCCCCCC(=O)N[C@H](C(=O)N[C@H]1C[C@@H](O)CCNC(=O)CC[C@H](C)NC1=O)[C@@H](C)O. The summed E-state index contributed by atoms with van der Waals surface area (Å²) in [6.45, 7) is 7.91. The number of aliphatic hydroxyl groups is 2. The molecule has 0 bridgehead atoms. The van der Waals surface area contributed by atoms with Crippen LogP contribution in [0.4, 0.5) is 0 Å². The summed E-state index contributed by atoms with van der Waals surface area (Å²) in [5.74, 6) is -0.882. The van der Waals surface area contributed by atoms with E-state index >= 15 is 0 Å². The second kappa shape index (κ2) is 19.0. The quantitative estimate of drug-likeness (QED) is 0.185. The van der Waals surface area contributed by atoms with Crippen LogP contribution in [0.25, 0.3) is 0 Å². The summed E-state index contributed by atoms with van der Waals surface area (Å²) in [4.78, 5) is 50.1. The van der Waals surface area contributed by atoms with E-state index in [1.807, 2.05) is 0 Å². The maximum absolute atomic E-state index is 13.0. The Morgan fingerprint density at radius 2 is 1.63 bits per heavy atom. The van der Waals surface area contributed by atoms with Crippen LogP contribution in [0.15, 0.2) is 0 Å². The van der Waals surface area contributed by atoms with Crippen LogP contribution in [0.1, 0.15) is 111 Å². The van der Waals surface area contributed by atoms with Gasteiger partial charge in [-0.1, -0.05) is 58.8 Å². The van der Waals surface area contributed by atoms with Crippen molar-refractivity contribution < 1.29 is 29.4 Å². The van der Waals surface area contributed by atoms with Crippen LogP contribution < -0.4 is 21.3 Å². The van der Waals surface area contributed by atoms with Crippen LogP contribution >= 0.6 is 0 Å². The van der Waals surface area contributed by atoms with E-state index in [1.54, 1.807) is 6.92 Å². The van der Waals surface area contributed by atoms with E-state index in [1.165, 1.54) is 32.6 Å². The molecule has 0 saturated carbocycles. The van der Waals surface area contributed by atoms with Gasteiger partial charge in [-0.3, -0.25) is 19.2 Å². The highest BCUT2D eigenvalue weighted by atomic mass is 16.3. The van der Waals surface area contributed by atoms with Crippen molar-refractivity contribution in [1.82, 2.24) is 21.3 Å². The average Bonchev–Trinajstić information content (AvgIpc) is 2.83. The Labute approximate surface area is 228 Å². The number of hydrogen-bond acceptors (Lipinski definition) is 6. The van der Waals surface area contributed by atoms with Crippen molar-refractivity contribution in [3.8, 4) is 0 Å². The minimum Gasteiger partial charge on any atom is -0.393 e. The molecule has 0 aromatic rings. The molecular formula is C28H52N4O6. The molecule has 4 amide bonds. The van der Waals surface area contributed by atoms with Gasteiger partial charge < -0.3 is 31.5 Å². The lowest BCUT2D eigenvalue weighted by molar-refractivity contribution is -0.135. The zero-order valence-electron chi connectivity index (χ0n) is 23.9. The number of aliphatic hydroxyl groups excluding tert-OH is 2. The summed E-state index contributed by atoms with van der Waals surface area (Å²) >= 11 is 0. The van der Waals surface area contributed by atoms with Crippen molar-refractivity contribution in [2.75, 3.05) is 6.54 Å². The van der Waals surface area contributed by atoms with Gasteiger partial charge in [-0.2, -0.15) is 0 Å². The molecule has 0 unspecified atom stereocenters. The molecule has 10 nitrogen and oxygen atoms in total. The fourth-order valence-corrected chi connectivity index (χ4v) is 4.49. The Hall–Kier alpha value is -2.20. The number of rotatable bonds is 14. The van der Waals surface area contributed by atoms with Crippen molar-refractivity contribution in [2.24, 2.45) is 5.92 Å². The van der Waals surface area contributed by atoms with Crippen LogP contribution in [-0.2, 0) is 19.2 Å². The Balaban J connectivity index is 2.55. The normalized spacial score (nSPS) is 22.9. The van der Waals surface area contributed by atoms with Crippen LogP contribution in [-0.4, -0.2) is 70.7 Å². The molecule has 0 radical (unpaired) electrons. The van der Waals surface area contributed by atoms with Gasteiger partial charge in [-0.15, -0.1) is 0 Å². The van der Waals surface area contributed by atoms with Gasteiger partial charge in [0.25, 0.3) is 0 Å². The third kappa shape index (κ3) is 15.3. The molecule has 1 saturated heterocycles. The molecule has 0 aromatic carbocycles. The first-order valence-corrected chi connectivity index (χ1v) is 14.5. The Kier molecular flexibility index (Phi) is 16.9. The molecular weight excluding hydrogens is 488 g/mol. The van der Waals surface area contributed by atoms with Crippen LogP contribution in [0.5, 0.6) is 0 Å². The Bertz CT molecular complexity index is 730. The van der Waals surface area contributed by atoms with Crippen molar-refractivity contribution in [2.45, 2.75) is 141 Å². The number of nitrogens with one attached hydrogen (secondary N) is 4. The molecule has 5 atom stereocenters. The number of carbonyl (C=O) groups is 4. The van der Waals surface area contributed by atoms with Crippen molar-refractivity contribution in [3.05, 3.63) is 0 Å². The predicted octanol–water partition coefficient (Wildman–Crippen LogP) is 2.06. The van der Waals surface area contributed by atoms with Crippen LogP contribution in [0.3, 0.4) is 0 Å². The van der Waals surface area contributed by atoms with Gasteiger partial charge >= 0.3 is 0 Å². The molecule has 1 fully saturated rings. The van der Waals surface area contributed by atoms with E-state index in [0.717, 1.165) is 25.2 Å². The number of amides is 4. The lowest BCUT2D eigenvalue weighted by Gasteiger charge is -2.27. The third-order valence-corrected chi connectivity index (χ3v) is 6.90. The first-order chi connectivity index (χ1) is 18.0. The summed E-state index contributed by atoms with van der Waals surface area (Å²) in [6, 6.07) is -2.57. The molecule has 220 valence electrons. The van der Waals surface area contributed by atoms with Crippen molar-refractivity contribution in [3.63, 3.8) is 0 Å². The molecule has 0 aliphatic carbocycles. The molecule has 10 heteroatoms. The predicted molar refractivity (Wildman–Crippen MR) is 147 cm³/mol. The molecule has 1 rings (SSSR count). The molecule has 0 spiro atoms. The zero-order valence-corrected chi connectivity index (χ0v) is 23.9. The highest BCUT2D eigenvalue weighted by Gasteiger charge is 2.31.